The van der Waals surface area contributed by atoms with Crippen LogP contribution in [0.5, 0.6) is 5.75 Å². The van der Waals surface area contributed by atoms with Gasteiger partial charge in [-0.15, -0.1) is 0 Å². The molecule has 0 heterocycles. The maximum Gasteiger partial charge on any atom is 0.343 e. The summed E-state index contributed by atoms with van der Waals surface area (Å²) in [6.07, 6.45) is 0.780. The van der Waals surface area contributed by atoms with E-state index in [9.17, 15) is 4.79 Å². The van der Waals surface area contributed by atoms with E-state index >= 15 is 0 Å². The Hall–Kier alpha value is -3.18. The lowest BCUT2D eigenvalue weighted by molar-refractivity contribution is 0.0735. The van der Waals surface area contributed by atoms with Crippen molar-refractivity contribution >= 4 is 22.6 Å². The largest absolute Gasteiger partial charge is 0.423 e. The van der Waals surface area contributed by atoms with Crippen LogP contribution in [0.15, 0.2) is 60.7 Å². The molecule has 5 nitrogen and oxygen atoms in total. The first-order valence-corrected chi connectivity index (χ1v) is 7.96. The quantitative estimate of drug-likeness (QED) is 0.289. The molecule has 0 saturated carbocycles. The first-order valence-electron chi connectivity index (χ1n) is 7.96. The zero-order valence-corrected chi connectivity index (χ0v) is 13.7. The summed E-state index contributed by atoms with van der Waals surface area (Å²) >= 11 is 0. The van der Waals surface area contributed by atoms with Crippen LogP contribution in [-0.2, 0) is 6.42 Å². The van der Waals surface area contributed by atoms with Gasteiger partial charge in [-0.2, -0.15) is 0 Å². The molecule has 0 aliphatic rings. The van der Waals surface area contributed by atoms with Gasteiger partial charge in [-0.3, -0.25) is 5.41 Å². The molecule has 0 spiro atoms. The van der Waals surface area contributed by atoms with Crippen molar-refractivity contribution in [2.75, 3.05) is 6.54 Å². The van der Waals surface area contributed by atoms with Gasteiger partial charge in [-0.1, -0.05) is 30.3 Å². The van der Waals surface area contributed by atoms with E-state index in [4.69, 9.17) is 21.6 Å². The number of rotatable bonds is 5. The number of esters is 1. The van der Waals surface area contributed by atoms with Gasteiger partial charge in [0.2, 0.25) is 0 Å². The smallest absolute Gasteiger partial charge is 0.343 e. The summed E-state index contributed by atoms with van der Waals surface area (Å²) in [5.74, 6) is 0.0913. The van der Waals surface area contributed by atoms with Crippen molar-refractivity contribution in [3.05, 3.63) is 77.4 Å². The molecule has 25 heavy (non-hydrogen) atoms. The normalized spacial score (nSPS) is 10.6. The summed E-state index contributed by atoms with van der Waals surface area (Å²) in [5, 5.41) is 9.32. The number of amidine groups is 1. The van der Waals surface area contributed by atoms with Crippen molar-refractivity contribution in [1.82, 2.24) is 0 Å². The van der Waals surface area contributed by atoms with Crippen LogP contribution in [-0.4, -0.2) is 18.3 Å². The number of ether oxygens (including phenoxy) is 1. The van der Waals surface area contributed by atoms with Gasteiger partial charge in [0.05, 0.1) is 5.56 Å². The van der Waals surface area contributed by atoms with Gasteiger partial charge >= 0.3 is 5.97 Å². The third kappa shape index (κ3) is 3.84. The Balaban J connectivity index is 1.78. The van der Waals surface area contributed by atoms with Crippen LogP contribution >= 0.6 is 0 Å². The van der Waals surface area contributed by atoms with Crippen molar-refractivity contribution in [2.24, 2.45) is 11.5 Å². The molecule has 0 fully saturated rings. The fourth-order valence-corrected chi connectivity index (χ4v) is 2.59. The minimum Gasteiger partial charge on any atom is -0.423 e. The third-order valence-electron chi connectivity index (χ3n) is 3.96. The molecule has 0 atom stereocenters. The molecule has 0 saturated heterocycles. The van der Waals surface area contributed by atoms with Crippen LogP contribution in [0.25, 0.3) is 10.8 Å². The Bertz CT molecular complexity index is 933. The minimum absolute atomic E-state index is 0.0236. The molecule has 0 aliphatic heterocycles. The van der Waals surface area contributed by atoms with Crippen LogP contribution in [0.4, 0.5) is 0 Å². The van der Waals surface area contributed by atoms with Crippen LogP contribution < -0.4 is 16.2 Å². The topological polar surface area (TPSA) is 102 Å². The van der Waals surface area contributed by atoms with Crippen molar-refractivity contribution in [3.8, 4) is 5.75 Å². The van der Waals surface area contributed by atoms with Crippen molar-refractivity contribution in [2.45, 2.75) is 6.42 Å². The fourth-order valence-electron chi connectivity index (χ4n) is 2.59. The highest BCUT2D eigenvalue weighted by atomic mass is 16.5. The average molecular weight is 333 g/mol. The predicted molar refractivity (Wildman–Crippen MR) is 99.1 cm³/mol. The molecule has 0 unspecified atom stereocenters. The first-order chi connectivity index (χ1) is 12.1. The number of hydrogen-bond acceptors (Lipinski definition) is 4. The third-order valence-corrected chi connectivity index (χ3v) is 3.96. The van der Waals surface area contributed by atoms with E-state index in [-0.39, 0.29) is 5.84 Å². The number of carbonyl (C=O) groups is 1. The van der Waals surface area contributed by atoms with E-state index in [0.29, 0.717) is 23.4 Å². The summed E-state index contributed by atoms with van der Waals surface area (Å²) in [5.41, 5.74) is 13.3. The highest BCUT2D eigenvalue weighted by molar-refractivity contribution is 5.99. The Labute approximate surface area is 145 Å². The van der Waals surface area contributed by atoms with Gasteiger partial charge in [0, 0.05) is 5.56 Å². The Morgan fingerprint density at radius 1 is 0.920 bits per heavy atom. The van der Waals surface area contributed by atoms with Crippen molar-refractivity contribution in [3.63, 3.8) is 0 Å². The minimum atomic E-state index is -0.404. The summed E-state index contributed by atoms with van der Waals surface area (Å²) in [6.45, 7) is 0.576. The second-order valence-corrected chi connectivity index (χ2v) is 5.76. The van der Waals surface area contributed by atoms with E-state index < -0.39 is 5.97 Å². The number of nitrogens with one attached hydrogen (secondary N) is 1. The van der Waals surface area contributed by atoms with E-state index in [1.807, 2.05) is 30.3 Å². The molecule has 0 radical (unpaired) electrons. The molecule has 3 aromatic carbocycles. The van der Waals surface area contributed by atoms with Crippen LogP contribution in [0, 0.1) is 5.41 Å². The van der Waals surface area contributed by atoms with Gasteiger partial charge in [0.1, 0.15) is 11.6 Å². The number of carbonyl (C=O) groups excluding carboxylic acids is 1. The second-order valence-electron chi connectivity index (χ2n) is 5.76. The second kappa shape index (κ2) is 7.15. The predicted octanol–water partition coefficient (Wildman–Crippen LogP) is 2.84. The highest BCUT2D eigenvalue weighted by Gasteiger charge is 2.09. The number of nitrogen functional groups attached to an aromatic ring is 1. The molecular formula is C20H19N3O2. The van der Waals surface area contributed by atoms with Gasteiger partial charge in [0.15, 0.2) is 0 Å². The monoisotopic (exact) mass is 333 g/mol. The van der Waals surface area contributed by atoms with Gasteiger partial charge < -0.3 is 16.2 Å². The molecule has 0 bridgehead atoms. The molecule has 0 aliphatic carbocycles. The van der Waals surface area contributed by atoms with Crippen molar-refractivity contribution < 1.29 is 9.53 Å². The highest BCUT2D eigenvalue weighted by Crippen LogP contribution is 2.23. The summed E-state index contributed by atoms with van der Waals surface area (Å²) < 4.78 is 5.46. The van der Waals surface area contributed by atoms with E-state index in [2.05, 4.69) is 0 Å². The van der Waals surface area contributed by atoms with Gasteiger partial charge in [-0.05, 0) is 59.6 Å². The van der Waals surface area contributed by atoms with E-state index in [1.54, 1.807) is 30.3 Å². The lowest BCUT2D eigenvalue weighted by atomic mass is 10.1. The summed E-state index contributed by atoms with van der Waals surface area (Å²) in [7, 11) is 0. The van der Waals surface area contributed by atoms with Gasteiger partial charge in [0.25, 0.3) is 0 Å². The van der Waals surface area contributed by atoms with Gasteiger partial charge in [-0.25, -0.2) is 4.79 Å². The number of nitrogens with two attached hydrogens (primary N) is 2. The van der Waals surface area contributed by atoms with Crippen molar-refractivity contribution in [1.29, 1.82) is 5.41 Å². The SMILES string of the molecule is N=C(N)c1ccc2cc(OC(=O)c3ccc(CCN)cc3)ccc2c1. The lowest BCUT2D eigenvalue weighted by Gasteiger charge is -2.07. The lowest BCUT2D eigenvalue weighted by Crippen LogP contribution is -2.10. The molecule has 0 amide bonds. The van der Waals surface area contributed by atoms with E-state index in [1.165, 1.54) is 0 Å². The molecular weight excluding hydrogens is 314 g/mol. The Morgan fingerprint density at radius 2 is 1.56 bits per heavy atom. The number of fused-ring (bicyclic) bond motifs is 1. The Morgan fingerprint density at radius 3 is 2.24 bits per heavy atom. The number of benzene rings is 3. The molecule has 0 aromatic heterocycles. The van der Waals surface area contributed by atoms with Crippen LogP contribution in [0.2, 0.25) is 0 Å². The van der Waals surface area contributed by atoms with Crippen LogP contribution in [0.3, 0.4) is 0 Å². The maximum absolute atomic E-state index is 12.3. The summed E-state index contributed by atoms with van der Waals surface area (Å²) in [4.78, 5) is 12.3. The van der Waals surface area contributed by atoms with E-state index in [0.717, 1.165) is 22.8 Å². The molecule has 5 N–H and O–H groups in total. The standard InChI is InChI=1S/C20H19N3O2/c21-10-9-13-1-3-14(4-2-13)20(24)25-18-8-7-15-11-17(19(22)23)6-5-16(15)12-18/h1-8,11-12H,9-10,21H2,(H3,22,23). The molecule has 5 heteroatoms. The first kappa shape index (κ1) is 16.7. The average Bonchev–Trinajstić information content (AvgIpc) is 2.62. The zero-order valence-electron chi connectivity index (χ0n) is 13.7. The maximum atomic E-state index is 12.3. The molecule has 3 aromatic rings. The number of hydrogen-bond donors (Lipinski definition) is 3. The fraction of sp³-hybridized carbons (Fsp3) is 0.100. The molecule has 126 valence electrons. The zero-order chi connectivity index (χ0) is 17.8. The van der Waals surface area contributed by atoms with Crippen LogP contribution in [0.1, 0.15) is 21.5 Å². The Kier molecular flexibility index (Phi) is 4.77. The molecule has 3 rings (SSSR count). The summed E-state index contributed by atoms with van der Waals surface area (Å²) in [6, 6.07) is 18.1.